The smallest absolute Gasteiger partial charge is 0.343 e. The standard InChI is InChI=1S/C33H34O10/c1-4-30(34)40-20-6-18-38-26-12-8-24(9-13-26)32(36)42-28-16-17-29(23(3)22-28)43-33(37)25-10-14-27(15-11-25)39-19-7-21-41-31(35)5-2/h4-5,8-17,22,31,35H,1-2,6-7,18-21H2,3H3. The number of carbonyl (C=O) groups excluding carboxylic acids is 3. The minimum Gasteiger partial charge on any atom is -0.494 e. The van der Waals surface area contributed by atoms with Crippen LogP contribution in [0.5, 0.6) is 23.0 Å². The fraction of sp³-hybridized carbons (Fsp3) is 0.242. The Kier molecular flexibility index (Phi) is 13.0. The predicted molar refractivity (Wildman–Crippen MR) is 158 cm³/mol. The van der Waals surface area contributed by atoms with Gasteiger partial charge in [0.2, 0.25) is 0 Å². The van der Waals surface area contributed by atoms with Crippen LogP contribution in [0.3, 0.4) is 0 Å². The molecule has 226 valence electrons. The summed E-state index contributed by atoms with van der Waals surface area (Å²) in [5.74, 6) is 0.165. The highest BCUT2D eigenvalue weighted by Crippen LogP contribution is 2.26. The van der Waals surface area contributed by atoms with Gasteiger partial charge in [-0.3, -0.25) is 0 Å². The van der Waals surface area contributed by atoms with E-state index in [2.05, 4.69) is 13.2 Å². The Balaban J connectivity index is 1.45. The summed E-state index contributed by atoms with van der Waals surface area (Å²) in [6.45, 7) is 9.74. The van der Waals surface area contributed by atoms with E-state index < -0.39 is 24.2 Å². The Labute approximate surface area is 250 Å². The van der Waals surface area contributed by atoms with Gasteiger partial charge in [0.05, 0.1) is 37.6 Å². The van der Waals surface area contributed by atoms with Crippen molar-refractivity contribution in [1.82, 2.24) is 0 Å². The number of rotatable bonds is 17. The summed E-state index contributed by atoms with van der Waals surface area (Å²) in [7, 11) is 0. The molecule has 0 aliphatic rings. The van der Waals surface area contributed by atoms with Crippen LogP contribution < -0.4 is 18.9 Å². The summed E-state index contributed by atoms with van der Waals surface area (Å²) >= 11 is 0. The minimum absolute atomic E-state index is 0.220. The number of aliphatic hydroxyl groups is 1. The quantitative estimate of drug-likeness (QED) is 0.0558. The molecule has 0 heterocycles. The van der Waals surface area contributed by atoms with E-state index in [0.29, 0.717) is 72.4 Å². The van der Waals surface area contributed by atoms with E-state index in [0.717, 1.165) is 6.08 Å². The lowest BCUT2D eigenvalue weighted by molar-refractivity contribution is -0.137. The SMILES string of the molecule is C=CC(=O)OCCCOc1ccc(C(=O)Oc2ccc(OC(=O)c3ccc(OCCCOC(O)C=C)cc3)c(C)c2)cc1. The summed E-state index contributed by atoms with van der Waals surface area (Å²) in [6, 6.07) is 17.7. The third-order valence-corrected chi connectivity index (χ3v) is 5.76. The van der Waals surface area contributed by atoms with Gasteiger partial charge in [0.25, 0.3) is 0 Å². The highest BCUT2D eigenvalue weighted by Gasteiger charge is 2.14. The Morgan fingerprint density at radius 2 is 1.28 bits per heavy atom. The Morgan fingerprint density at radius 1 is 0.744 bits per heavy atom. The second-order valence-electron chi connectivity index (χ2n) is 9.03. The summed E-state index contributed by atoms with van der Waals surface area (Å²) in [6.07, 6.45) is 2.48. The second kappa shape index (κ2) is 17.1. The third kappa shape index (κ3) is 11.1. The van der Waals surface area contributed by atoms with Gasteiger partial charge in [-0.05, 0) is 85.3 Å². The topological polar surface area (TPSA) is 127 Å². The molecule has 3 rings (SSSR count). The lowest BCUT2D eigenvalue weighted by Crippen LogP contribution is -2.11. The van der Waals surface area contributed by atoms with Crippen LogP contribution in [0.4, 0.5) is 0 Å². The van der Waals surface area contributed by atoms with Crippen LogP contribution >= 0.6 is 0 Å². The molecule has 0 radical (unpaired) electrons. The van der Waals surface area contributed by atoms with Gasteiger partial charge < -0.3 is 33.5 Å². The van der Waals surface area contributed by atoms with Crippen LogP contribution in [0, 0.1) is 6.92 Å². The number of ether oxygens (including phenoxy) is 6. The molecule has 0 amide bonds. The van der Waals surface area contributed by atoms with Gasteiger partial charge in [-0.25, -0.2) is 14.4 Å². The monoisotopic (exact) mass is 590 g/mol. The number of hydrogen-bond donors (Lipinski definition) is 1. The van der Waals surface area contributed by atoms with Crippen molar-refractivity contribution in [3.05, 3.63) is 109 Å². The number of aryl methyl sites for hydroxylation is 1. The fourth-order valence-corrected chi connectivity index (χ4v) is 3.50. The first-order chi connectivity index (χ1) is 20.8. The molecule has 0 spiro atoms. The van der Waals surface area contributed by atoms with Crippen molar-refractivity contribution in [3.8, 4) is 23.0 Å². The van der Waals surface area contributed by atoms with E-state index in [9.17, 15) is 19.5 Å². The van der Waals surface area contributed by atoms with Crippen LogP contribution in [-0.2, 0) is 14.3 Å². The highest BCUT2D eigenvalue weighted by atomic mass is 16.6. The zero-order valence-corrected chi connectivity index (χ0v) is 23.9. The lowest BCUT2D eigenvalue weighted by atomic mass is 10.2. The molecule has 0 aromatic heterocycles. The van der Waals surface area contributed by atoms with Gasteiger partial charge in [-0.15, -0.1) is 0 Å². The van der Waals surface area contributed by atoms with Crippen LogP contribution in [0.1, 0.15) is 39.1 Å². The molecule has 1 N–H and O–H groups in total. The Morgan fingerprint density at radius 3 is 1.81 bits per heavy atom. The molecular weight excluding hydrogens is 556 g/mol. The zero-order valence-electron chi connectivity index (χ0n) is 23.9. The van der Waals surface area contributed by atoms with Crippen molar-refractivity contribution in [2.75, 3.05) is 26.4 Å². The first-order valence-electron chi connectivity index (χ1n) is 13.5. The van der Waals surface area contributed by atoms with E-state index in [1.54, 1.807) is 73.7 Å². The lowest BCUT2D eigenvalue weighted by Gasteiger charge is -2.11. The summed E-state index contributed by atoms with van der Waals surface area (Å²) < 4.78 is 32.1. The average Bonchev–Trinajstić information content (AvgIpc) is 3.02. The number of aliphatic hydroxyl groups excluding tert-OH is 1. The number of carbonyl (C=O) groups is 3. The number of benzene rings is 3. The molecule has 1 atom stereocenters. The molecule has 3 aromatic carbocycles. The van der Waals surface area contributed by atoms with Crippen molar-refractivity contribution in [2.45, 2.75) is 26.1 Å². The molecule has 0 saturated carbocycles. The molecule has 0 bridgehead atoms. The first-order valence-corrected chi connectivity index (χ1v) is 13.5. The van der Waals surface area contributed by atoms with Crippen molar-refractivity contribution >= 4 is 17.9 Å². The van der Waals surface area contributed by atoms with Crippen LogP contribution in [0.2, 0.25) is 0 Å². The summed E-state index contributed by atoms with van der Waals surface area (Å²) in [5.41, 5.74) is 1.26. The predicted octanol–water partition coefficient (Wildman–Crippen LogP) is 5.22. The van der Waals surface area contributed by atoms with Gasteiger partial charge in [0.1, 0.15) is 23.0 Å². The number of hydrogen-bond acceptors (Lipinski definition) is 10. The van der Waals surface area contributed by atoms with Gasteiger partial charge >= 0.3 is 17.9 Å². The van der Waals surface area contributed by atoms with Gasteiger partial charge in [0.15, 0.2) is 6.29 Å². The molecule has 0 fully saturated rings. The molecular formula is C33H34O10. The van der Waals surface area contributed by atoms with Crippen LogP contribution in [0.15, 0.2) is 92.0 Å². The van der Waals surface area contributed by atoms with Crippen molar-refractivity contribution in [1.29, 1.82) is 0 Å². The van der Waals surface area contributed by atoms with Gasteiger partial charge in [-0.1, -0.05) is 13.2 Å². The van der Waals surface area contributed by atoms with Gasteiger partial charge in [-0.2, -0.15) is 0 Å². The van der Waals surface area contributed by atoms with E-state index in [1.165, 1.54) is 6.08 Å². The van der Waals surface area contributed by atoms with E-state index >= 15 is 0 Å². The number of esters is 3. The molecule has 0 saturated heterocycles. The molecule has 43 heavy (non-hydrogen) atoms. The maximum Gasteiger partial charge on any atom is 0.343 e. The zero-order chi connectivity index (χ0) is 31.0. The maximum absolute atomic E-state index is 12.7. The average molecular weight is 591 g/mol. The summed E-state index contributed by atoms with van der Waals surface area (Å²) in [4.78, 5) is 36.3. The van der Waals surface area contributed by atoms with Crippen molar-refractivity contribution < 1.29 is 47.9 Å². The molecule has 3 aromatic rings. The molecule has 0 aliphatic heterocycles. The van der Waals surface area contributed by atoms with Crippen molar-refractivity contribution in [3.63, 3.8) is 0 Å². The van der Waals surface area contributed by atoms with Crippen molar-refractivity contribution in [2.24, 2.45) is 0 Å². The largest absolute Gasteiger partial charge is 0.494 e. The minimum atomic E-state index is -0.994. The second-order valence-corrected chi connectivity index (χ2v) is 9.03. The molecule has 10 nitrogen and oxygen atoms in total. The van der Waals surface area contributed by atoms with E-state index in [-0.39, 0.29) is 6.61 Å². The molecule has 1 unspecified atom stereocenters. The normalized spacial score (nSPS) is 11.1. The maximum atomic E-state index is 12.7. The molecule has 0 aliphatic carbocycles. The third-order valence-electron chi connectivity index (χ3n) is 5.76. The Hall–Kier alpha value is -4.93. The molecule has 10 heteroatoms. The highest BCUT2D eigenvalue weighted by molar-refractivity contribution is 5.92. The van der Waals surface area contributed by atoms with E-state index in [4.69, 9.17) is 28.4 Å². The van der Waals surface area contributed by atoms with Crippen LogP contribution in [-0.4, -0.2) is 55.7 Å². The first kappa shape index (κ1) is 32.6. The van der Waals surface area contributed by atoms with Crippen LogP contribution in [0.25, 0.3) is 0 Å². The fourth-order valence-electron chi connectivity index (χ4n) is 3.50. The van der Waals surface area contributed by atoms with Gasteiger partial charge in [0, 0.05) is 18.9 Å². The van der Waals surface area contributed by atoms with E-state index in [1.807, 2.05) is 0 Å². The summed E-state index contributed by atoms with van der Waals surface area (Å²) in [5, 5.41) is 9.27. The Bertz CT molecular complexity index is 1380.